The van der Waals surface area contributed by atoms with Gasteiger partial charge in [0.05, 0.1) is 14.2 Å². The molecule has 1 fully saturated rings. The summed E-state index contributed by atoms with van der Waals surface area (Å²) < 4.78 is 10.7. The minimum absolute atomic E-state index is 0.165. The third-order valence-corrected chi connectivity index (χ3v) is 6.11. The van der Waals surface area contributed by atoms with Crippen molar-refractivity contribution in [3.05, 3.63) is 53.6 Å². The lowest BCUT2D eigenvalue weighted by Gasteiger charge is -2.37. The Morgan fingerprint density at radius 3 is 2.26 bits per heavy atom. The first-order chi connectivity index (χ1) is 16.4. The van der Waals surface area contributed by atoms with E-state index in [1.807, 2.05) is 42.5 Å². The van der Waals surface area contributed by atoms with Crippen molar-refractivity contribution >= 4 is 23.1 Å². The third kappa shape index (κ3) is 5.94. The number of amides is 1. The number of rotatable bonds is 7. The van der Waals surface area contributed by atoms with Gasteiger partial charge >= 0.3 is 0 Å². The SMILES string of the molecule is COc1cc(CCC2=NN=C(NC(=O)c3ccc(N4CC(C)NC(C)C4)cc3)C2)cc(OC)c1. The molecule has 0 saturated carbocycles. The number of carbonyl (C=O) groups is 1. The van der Waals surface area contributed by atoms with Crippen LogP contribution >= 0.6 is 0 Å². The summed E-state index contributed by atoms with van der Waals surface area (Å²) in [6.07, 6.45) is 2.07. The Labute approximate surface area is 201 Å². The summed E-state index contributed by atoms with van der Waals surface area (Å²) >= 11 is 0. The number of amidine groups is 1. The topological polar surface area (TPSA) is 87.6 Å². The number of carbonyl (C=O) groups excluding carboxylic acids is 1. The van der Waals surface area contributed by atoms with E-state index in [0.29, 0.717) is 29.9 Å². The van der Waals surface area contributed by atoms with E-state index in [2.05, 4.69) is 39.6 Å². The van der Waals surface area contributed by atoms with E-state index in [-0.39, 0.29) is 5.91 Å². The second-order valence-electron chi connectivity index (χ2n) is 8.99. The van der Waals surface area contributed by atoms with Gasteiger partial charge in [-0.3, -0.25) is 4.79 Å². The summed E-state index contributed by atoms with van der Waals surface area (Å²) in [4.78, 5) is 15.1. The maximum Gasteiger partial charge on any atom is 0.256 e. The number of methoxy groups -OCH3 is 2. The maximum absolute atomic E-state index is 12.7. The number of aryl methyl sites for hydroxylation is 1. The fraction of sp³-hybridized carbons (Fsp3) is 0.423. The number of piperazine rings is 1. The molecule has 2 heterocycles. The monoisotopic (exact) mass is 463 g/mol. The number of nitrogens with zero attached hydrogens (tertiary/aromatic N) is 3. The van der Waals surface area contributed by atoms with E-state index in [4.69, 9.17) is 9.47 Å². The summed E-state index contributed by atoms with van der Waals surface area (Å²) in [7, 11) is 3.28. The van der Waals surface area contributed by atoms with Crippen molar-refractivity contribution in [3.63, 3.8) is 0 Å². The van der Waals surface area contributed by atoms with Gasteiger partial charge in [-0.1, -0.05) is 0 Å². The molecule has 2 unspecified atom stereocenters. The molecule has 0 spiro atoms. The molecule has 8 nitrogen and oxygen atoms in total. The van der Waals surface area contributed by atoms with Crippen molar-refractivity contribution in [2.45, 2.75) is 45.2 Å². The fourth-order valence-electron chi connectivity index (χ4n) is 4.47. The first-order valence-electron chi connectivity index (χ1n) is 11.7. The molecule has 2 aliphatic heterocycles. The van der Waals surface area contributed by atoms with Crippen LogP contribution in [-0.2, 0) is 6.42 Å². The zero-order valence-corrected chi connectivity index (χ0v) is 20.3. The maximum atomic E-state index is 12.7. The van der Waals surface area contributed by atoms with Crippen molar-refractivity contribution in [3.8, 4) is 11.5 Å². The van der Waals surface area contributed by atoms with Crippen LogP contribution in [0.2, 0.25) is 0 Å². The summed E-state index contributed by atoms with van der Waals surface area (Å²) in [5.41, 5.74) is 3.79. The average molecular weight is 464 g/mol. The molecule has 0 aromatic heterocycles. The predicted octanol–water partition coefficient (Wildman–Crippen LogP) is 3.41. The molecule has 2 N–H and O–H groups in total. The molecule has 180 valence electrons. The molecule has 0 radical (unpaired) electrons. The Bertz CT molecular complexity index is 1050. The van der Waals surface area contributed by atoms with Gasteiger partial charge in [0.2, 0.25) is 0 Å². The average Bonchev–Trinajstić information content (AvgIpc) is 3.29. The van der Waals surface area contributed by atoms with E-state index in [9.17, 15) is 4.79 Å². The van der Waals surface area contributed by atoms with Crippen LogP contribution in [0.4, 0.5) is 5.69 Å². The Morgan fingerprint density at radius 1 is 1.00 bits per heavy atom. The lowest BCUT2D eigenvalue weighted by Crippen LogP contribution is -2.54. The first kappa shape index (κ1) is 23.8. The molecule has 34 heavy (non-hydrogen) atoms. The largest absolute Gasteiger partial charge is 0.497 e. The Balaban J connectivity index is 1.27. The molecule has 0 aliphatic carbocycles. The van der Waals surface area contributed by atoms with Crippen LogP contribution < -0.4 is 25.0 Å². The highest BCUT2D eigenvalue weighted by atomic mass is 16.5. The van der Waals surface area contributed by atoms with Gasteiger partial charge in [-0.2, -0.15) is 5.10 Å². The Hall–Kier alpha value is -3.39. The van der Waals surface area contributed by atoms with Crippen LogP contribution in [0.15, 0.2) is 52.7 Å². The van der Waals surface area contributed by atoms with E-state index >= 15 is 0 Å². The third-order valence-electron chi connectivity index (χ3n) is 6.11. The van der Waals surface area contributed by atoms with Crippen molar-refractivity contribution in [1.29, 1.82) is 0 Å². The molecule has 2 aromatic carbocycles. The van der Waals surface area contributed by atoms with Crippen molar-refractivity contribution < 1.29 is 14.3 Å². The van der Waals surface area contributed by atoms with Gasteiger partial charge in [-0.25, -0.2) is 0 Å². The van der Waals surface area contributed by atoms with E-state index in [1.54, 1.807) is 14.2 Å². The van der Waals surface area contributed by atoms with Crippen LogP contribution in [-0.4, -0.2) is 56.8 Å². The van der Waals surface area contributed by atoms with Gasteiger partial charge in [-0.15, -0.1) is 5.10 Å². The van der Waals surface area contributed by atoms with Crippen molar-refractivity contribution in [1.82, 2.24) is 10.6 Å². The van der Waals surface area contributed by atoms with Crippen molar-refractivity contribution in [2.75, 3.05) is 32.2 Å². The van der Waals surface area contributed by atoms with Gasteiger partial charge in [0, 0.05) is 54.6 Å². The van der Waals surface area contributed by atoms with Crippen LogP contribution in [0.25, 0.3) is 0 Å². The molecule has 2 aliphatic rings. The van der Waals surface area contributed by atoms with E-state index < -0.39 is 0 Å². The number of hydrogen-bond acceptors (Lipinski definition) is 7. The summed E-state index contributed by atoms with van der Waals surface area (Å²) in [5, 5.41) is 14.9. The molecular formula is C26H33N5O3. The molecule has 1 saturated heterocycles. The minimum Gasteiger partial charge on any atom is -0.497 e. The van der Waals surface area contributed by atoms with Gasteiger partial charge in [0.15, 0.2) is 0 Å². The smallest absolute Gasteiger partial charge is 0.256 e. The van der Waals surface area contributed by atoms with E-state index in [1.165, 1.54) is 0 Å². The lowest BCUT2D eigenvalue weighted by molar-refractivity contribution is 0.0976. The molecule has 2 aromatic rings. The fourth-order valence-corrected chi connectivity index (χ4v) is 4.47. The highest BCUT2D eigenvalue weighted by Crippen LogP contribution is 2.24. The molecule has 8 heteroatoms. The summed E-state index contributed by atoms with van der Waals surface area (Å²) in [6.45, 7) is 6.29. The van der Waals surface area contributed by atoms with Gasteiger partial charge in [-0.05, 0) is 68.7 Å². The zero-order chi connectivity index (χ0) is 24.1. The second kappa shape index (κ2) is 10.7. The van der Waals surface area contributed by atoms with Gasteiger partial charge in [0.1, 0.15) is 17.3 Å². The van der Waals surface area contributed by atoms with Crippen LogP contribution in [0.1, 0.15) is 42.6 Å². The van der Waals surface area contributed by atoms with Crippen molar-refractivity contribution in [2.24, 2.45) is 10.2 Å². The number of hydrogen-bond donors (Lipinski definition) is 2. The lowest BCUT2D eigenvalue weighted by atomic mass is 10.0. The zero-order valence-electron chi connectivity index (χ0n) is 20.3. The minimum atomic E-state index is -0.165. The van der Waals surface area contributed by atoms with Crippen LogP contribution in [0.3, 0.4) is 0 Å². The highest BCUT2D eigenvalue weighted by Gasteiger charge is 2.21. The molecule has 2 atom stereocenters. The van der Waals surface area contributed by atoms with Gasteiger partial charge < -0.3 is 25.0 Å². The number of nitrogens with one attached hydrogen (secondary N) is 2. The Kier molecular flexibility index (Phi) is 7.47. The number of benzene rings is 2. The standard InChI is InChI=1S/C26H33N5O3/c1-17-15-31(16-18(2)27-17)22-9-6-20(7-10-22)26(32)28-25-13-21(29-30-25)8-5-19-11-23(33-3)14-24(12-19)34-4/h6-7,9-12,14,17-18,27H,5,8,13,15-16H2,1-4H3,(H,28,30,32). The van der Waals surface area contributed by atoms with E-state index in [0.717, 1.165) is 54.4 Å². The molecular weight excluding hydrogens is 430 g/mol. The molecule has 4 rings (SSSR count). The van der Waals surface area contributed by atoms with Gasteiger partial charge in [0.25, 0.3) is 5.91 Å². The second-order valence-corrected chi connectivity index (χ2v) is 8.99. The first-order valence-corrected chi connectivity index (χ1v) is 11.7. The summed E-state index contributed by atoms with van der Waals surface area (Å²) in [5.74, 6) is 1.94. The summed E-state index contributed by atoms with van der Waals surface area (Å²) in [6, 6.07) is 14.5. The van der Waals surface area contributed by atoms with Crippen LogP contribution in [0, 0.1) is 0 Å². The Morgan fingerprint density at radius 2 is 1.65 bits per heavy atom. The molecule has 0 bridgehead atoms. The normalized spacial score (nSPS) is 19.9. The highest BCUT2D eigenvalue weighted by molar-refractivity contribution is 6.14. The quantitative estimate of drug-likeness (QED) is 0.657. The number of anilines is 1. The van der Waals surface area contributed by atoms with Crippen LogP contribution in [0.5, 0.6) is 11.5 Å². The number of ether oxygens (including phenoxy) is 2. The molecule has 1 amide bonds. The predicted molar refractivity (Wildman–Crippen MR) is 136 cm³/mol.